The van der Waals surface area contributed by atoms with Crippen LogP contribution in [0.3, 0.4) is 0 Å². The smallest absolute Gasteiger partial charge is 0.254 e. The maximum absolute atomic E-state index is 13.3. The highest BCUT2D eigenvalue weighted by Crippen LogP contribution is 2.30. The number of halogens is 1. The molecule has 1 unspecified atom stereocenters. The molecule has 1 aromatic carbocycles. The number of nitrogens with zero attached hydrogens (tertiary/aromatic N) is 2. The first kappa shape index (κ1) is 16.4. The first-order valence-corrected chi connectivity index (χ1v) is 8.38. The average Bonchev–Trinajstić information content (AvgIpc) is 3.30. The summed E-state index contributed by atoms with van der Waals surface area (Å²) >= 11 is 0. The molecule has 1 atom stereocenters. The Hall–Kier alpha value is -1.46. The van der Waals surface area contributed by atoms with E-state index in [1.807, 2.05) is 4.90 Å². The zero-order valence-corrected chi connectivity index (χ0v) is 13.9. The van der Waals surface area contributed by atoms with E-state index in [1.54, 1.807) is 13.0 Å². The second kappa shape index (κ2) is 6.97. The lowest BCUT2D eigenvalue weighted by Gasteiger charge is -2.34. The van der Waals surface area contributed by atoms with Crippen molar-refractivity contribution in [3.05, 3.63) is 35.1 Å². The summed E-state index contributed by atoms with van der Waals surface area (Å²) in [7, 11) is 2.08. The summed E-state index contributed by atoms with van der Waals surface area (Å²) in [5.41, 5.74) is 1.29. The van der Waals surface area contributed by atoms with Gasteiger partial charge in [0.05, 0.1) is 12.7 Å². The number of benzene rings is 1. The van der Waals surface area contributed by atoms with Crippen LogP contribution in [0.25, 0.3) is 0 Å². The number of morpholine rings is 1. The fraction of sp³-hybridized carbons (Fsp3) is 0.611. The molecular formula is C18H25FN2O2. The van der Waals surface area contributed by atoms with Gasteiger partial charge < -0.3 is 14.5 Å². The Morgan fingerprint density at radius 3 is 2.83 bits per heavy atom. The van der Waals surface area contributed by atoms with E-state index in [4.69, 9.17) is 4.74 Å². The summed E-state index contributed by atoms with van der Waals surface area (Å²) < 4.78 is 19.1. The van der Waals surface area contributed by atoms with E-state index < -0.39 is 0 Å². The molecule has 1 heterocycles. The summed E-state index contributed by atoms with van der Waals surface area (Å²) in [5, 5.41) is 0. The van der Waals surface area contributed by atoms with Crippen molar-refractivity contribution in [2.75, 3.05) is 39.8 Å². The lowest BCUT2D eigenvalue weighted by Crippen LogP contribution is -2.48. The molecule has 5 heteroatoms. The van der Waals surface area contributed by atoms with Crippen molar-refractivity contribution in [3.8, 4) is 0 Å². The van der Waals surface area contributed by atoms with Gasteiger partial charge in [0.15, 0.2) is 0 Å². The molecule has 126 valence electrons. The third-order valence-electron chi connectivity index (χ3n) is 4.65. The highest BCUT2D eigenvalue weighted by molar-refractivity contribution is 5.95. The molecule has 3 rings (SSSR count). The number of hydrogen-bond acceptors (Lipinski definition) is 3. The van der Waals surface area contributed by atoms with E-state index in [-0.39, 0.29) is 17.8 Å². The molecule has 1 saturated carbocycles. The van der Waals surface area contributed by atoms with Gasteiger partial charge in [-0.05, 0) is 56.5 Å². The van der Waals surface area contributed by atoms with Gasteiger partial charge in [0.2, 0.25) is 0 Å². The number of carbonyl (C=O) groups is 1. The molecule has 4 nitrogen and oxygen atoms in total. The fourth-order valence-electron chi connectivity index (χ4n) is 3.11. The van der Waals surface area contributed by atoms with Gasteiger partial charge in [-0.3, -0.25) is 4.79 Å². The Bertz CT molecular complexity index is 574. The molecule has 2 fully saturated rings. The molecule has 1 aliphatic heterocycles. The third kappa shape index (κ3) is 4.30. The summed E-state index contributed by atoms with van der Waals surface area (Å²) in [6, 6.07) is 4.38. The molecular weight excluding hydrogens is 295 g/mol. The van der Waals surface area contributed by atoms with Crippen molar-refractivity contribution >= 4 is 5.91 Å². The molecule has 2 aliphatic rings. The predicted molar refractivity (Wildman–Crippen MR) is 87.0 cm³/mol. The van der Waals surface area contributed by atoms with Crippen LogP contribution in [0.4, 0.5) is 4.39 Å². The SMILES string of the molecule is Cc1cc(F)ccc1C(=O)N(CC1CC1)CC1CN(C)CCO1. The number of ether oxygens (including phenoxy) is 1. The van der Waals surface area contributed by atoms with Crippen molar-refractivity contribution < 1.29 is 13.9 Å². The largest absolute Gasteiger partial charge is 0.374 e. The zero-order chi connectivity index (χ0) is 16.4. The van der Waals surface area contributed by atoms with E-state index in [9.17, 15) is 9.18 Å². The van der Waals surface area contributed by atoms with Crippen LogP contribution in [0, 0.1) is 18.7 Å². The van der Waals surface area contributed by atoms with Crippen LogP contribution >= 0.6 is 0 Å². The maximum Gasteiger partial charge on any atom is 0.254 e. The summed E-state index contributed by atoms with van der Waals surface area (Å²) in [5.74, 6) is 0.303. The Morgan fingerprint density at radius 2 is 2.17 bits per heavy atom. The fourth-order valence-corrected chi connectivity index (χ4v) is 3.11. The van der Waals surface area contributed by atoms with Crippen LogP contribution < -0.4 is 0 Å². The van der Waals surface area contributed by atoms with Gasteiger partial charge in [-0.25, -0.2) is 4.39 Å². The Balaban J connectivity index is 1.73. The minimum Gasteiger partial charge on any atom is -0.374 e. The Kier molecular flexibility index (Phi) is 4.97. The number of carbonyl (C=O) groups excluding carboxylic acids is 1. The molecule has 0 radical (unpaired) electrons. The summed E-state index contributed by atoms with van der Waals surface area (Å²) in [6.45, 7) is 5.66. The topological polar surface area (TPSA) is 32.8 Å². The highest BCUT2D eigenvalue weighted by Gasteiger charge is 2.30. The standard InChI is InChI=1S/C18H25FN2O2/c1-13-9-15(19)5-6-17(13)18(22)21(10-14-3-4-14)12-16-11-20(2)7-8-23-16/h5-6,9,14,16H,3-4,7-8,10-12H2,1-2H3. The van der Waals surface area contributed by atoms with Gasteiger partial charge in [0.25, 0.3) is 5.91 Å². The molecule has 23 heavy (non-hydrogen) atoms. The monoisotopic (exact) mass is 320 g/mol. The van der Waals surface area contributed by atoms with Gasteiger partial charge in [0, 0.05) is 31.7 Å². The van der Waals surface area contributed by atoms with Crippen LogP contribution in [0.2, 0.25) is 0 Å². The minimum absolute atomic E-state index is 0.00812. The number of hydrogen-bond donors (Lipinski definition) is 0. The van der Waals surface area contributed by atoms with Crippen molar-refractivity contribution in [3.63, 3.8) is 0 Å². The van der Waals surface area contributed by atoms with Crippen LogP contribution in [-0.2, 0) is 4.74 Å². The average molecular weight is 320 g/mol. The first-order chi connectivity index (χ1) is 11.0. The molecule has 1 saturated heterocycles. The second-order valence-corrected chi connectivity index (χ2v) is 6.87. The van der Waals surface area contributed by atoms with Crippen molar-refractivity contribution in [2.45, 2.75) is 25.9 Å². The Morgan fingerprint density at radius 1 is 1.39 bits per heavy atom. The first-order valence-electron chi connectivity index (χ1n) is 8.38. The molecule has 1 amide bonds. The molecule has 0 aromatic heterocycles. The van der Waals surface area contributed by atoms with E-state index in [0.717, 1.165) is 19.6 Å². The van der Waals surface area contributed by atoms with Crippen molar-refractivity contribution in [2.24, 2.45) is 5.92 Å². The number of amides is 1. The van der Waals surface area contributed by atoms with E-state index in [2.05, 4.69) is 11.9 Å². The van der Waals surface area contributed by atoms with Crippen LogP contribution in [0.5, 0.6) is 0 Å². The summed E-state index contributed by atoms with van der Waals surface area (Å²) in [4.78, 5) is 17.1. The molecule has 0 bridgehead atoms. The molecule has 1 aromatic rings. The van der Waals surface area contributed by atoms with Crippen molar-refractivity contribution in [1.29, 1.82) is 0 Å². The molecule has 0 N–H and O–H groups in total. The van der Waals surface area contributed by atoms with E-state index >= 15 is 0 Å². The van der Waals surface area contributed by atoms with Gasteiger partial charge in [0.1, 0.15) is 5.82 Å². The van der Waals surface area contributed by atoms with Crippen LogP contribution in [0.15, 0.2) is 18.2 Å². The predicted octanol–water partition coefficient (Wildman–Crippen LogP) is 2.32. The van der Waals surface area contributed by atoms with Gasteiger partial charge in [-0.2, -0.15) is 0 Å². The Labute approximate surface area is 137 Å². The van der Waals surface area contributed by atoms with Crippen molar-refractivity contribution in [1.82, 2.24) is 9.80 Å². The zero-order valence-electron chi connectivity index (χ0n) is 13.9. The van der Waals surface area contributed by atoms with E-state index in [0.29, 0.717) is 30.2 Å². The highest BCUT2D eigenvalue weighted by atomic mass is 19.1. The van der Waals surface area contributed by atoms with Gasteiger partial charge >= 0.3 is 0 Å². The number of rotatable bonds is 5. The van der Waals surface area contributed by atoms with Crippen LogP contribution in [0.1, 0.15) is 28.8 Å². The molecule has 1 aliphatic carbocycles. The lowest BCUT2D eigenvalue weighted by molar-refractivity contribution is -0.0331. The molecule has 0 spiro atoms. The van der Waals surface area contributed by atoms with Crippen LogP contribution in [-0.4, -0.2) is 61.6 Å². The van der Waals surface area contributed by atoms with Gasteiger partial charge in [-0.15, -0.1) is 0 Å². The minimum atomic E-state index is -0.301. The lowest BCUT2D eigenvalue weighted by atomic mass is 10.1. The van der Waals surface area contributed by atoms with Gasteiger partial charge in [-0.1, -0.05) is 0 Å². The summed E-state index contributed by atoms with van der Waals surface area (Å²) in [6.07, 6.45) is 2.44. The number of likely N-dealkylation sites (N-methyl/N-ethyl adjacent to an activating group) is 1. The van der Waals surface area contributed by atoms with E-state index in [1.165, 1.54) is 25.0 Å². The maximum atomic E-state index is 13.3. The third-order valence-corrected chi connectivity index (χ3v) is 4.65. The normalized spacial score (nSPS) is 22.1. The number of aryl methyl sites for hydroxylation is 1. The second-order valence-electron chi connectivity index (χ2n) is 6.87. The quantitative estimate of drug-likeness (QED) is 0.835.